The predicted molar refractivity (Wildman–Crippen MR) is 154 cm³/mol. The zero-order chi connectivity index (χ0) is 23.2. The van der Waals surface area contributed by atoms with Crippen LogP contribution in [0.15, 0.2) is 152 Å². The van der Waals surface area contributed by atoms with Crippen LogP contribution in [0.5, 0.6) is 0 Å². The van der Waals surface area contributed by atoms with E-state index in [-0.39, 0.29) is 0 Å². The average molecular weight is 494 g/mol. The highest BCUT2D eigenvalue weighted by Gasteiger charge is 2.37. The minimum atomic E-state index is -2.45. The minimum absolute atomic E-state index is 0.947. The molecule has 0 saturated heterocycles. The Balaban J connectivity index is 1.85. The SMILES string of the molecule is S=P(c1ccccc1)(c1ccccc1)N(c1ccccc1)P(c1ccccc1)c1ccccc1. The zero-order valence-corrected chi connectivity index (χ0v) is 21.3. The molecule has 0 N–H and O–H groups in total. The van der Waals surface area contributed by atoms with E-state index in [9.17, 15) is 0 Å². The Kier molecular flexibility index (Phi) is 7.02. The smallest absolute Gasteiger partial charge is 0.0966 e. The molecule has 1 nitrogen and oxygen atoms in total. The van der Waals surface area contributed by atoms with E-state index in [1.54, 1.807) is 0 Å². The van der Waals surface area contributed by atoms with E-state index in [0.29, 0.717) is 0 Å². The Labute approximate surface area is 208 Å². The van der Waals surface area contributed by atoms with E-state index >= 15 is 0 Å². The Hall–Kier alpha value is -3.02. The first kappa shape index (κ1) is 22.8. The molecule has 0 atom stereocenters. The van der Waals surface area contributed by atoms with Crippen molar-refractivity contribution >= 4 is 53.0 Å². The molecule has 0 spiro atoms. The van der Waals surface area contributed by atoms with Gasteiger partial charge < -0.3 is 4.44 Å². The van der Waals surface area contributed by atoms with Gasteiger partial charge in [-0.15, -0.1) is 0 Å². The average Bonchev–Trinajstić information content (AvgIpc) is 2.93. The van der Waals surface area contributed by atoms with Gasteiger partial charge in [0.25, 0.3) is 0 Å². The lowest BCUT2D eigenvalue weighted by atomic mass is 10.3. The Bertz CT molecular complexity index is 1280. The van der Waals surface area contributed by atoms with Crippen LogP contribution in [0.3, 0.4) is 0 Å². The van der Waals surface area contributed by atoms with E-state index in [2.05, 4.69) is 156 Å². The normalized spacial score (nSPS) is 11.3. The number of hydrogen-bond donors (Lipinski definition) is 0. The van der Waals surface area contributed by atoms with Crippen molar-refractivity contribution in [3.8, 4) is 0 Å². The highest BCUT2D eigenvalue weighted by Crippen LogP contribution is 2.62. The van der Waals surface area contributed by atoms with Crippen molar-refractivity contribution in [2.45, 2.75) is 0 Å². The second kappa shape index (κ2) is 10.5. The monoisotopic (exact) mass is 493 g/mol. The molecule has 5 rings (SSSR count). The molecule has 0 fully saturated rings. The second-order valence-corrected chi connectivity index (χ2v) is 14.4. The summed E-state index contributed by atoms with van der Waals surface area (Å²) in [6, 6.07) is 53.7. The molecule has 0 bridgehead atoms. The van der Waals surface area contributed by atoms with E-state index in [1.807, 2.05) is 0 Å². The molecule has 0 radical (unpaired) electrons. The number of benzene rings is 5. The molecule has 0 heterocycles. The standard InChI is InChI=1S/C30H25NP2S/c34-33(29-22-12-4-13-23-29,30-24-14-5-15-25-30)31(26-16-6-1-7-17-26)32(27-18-8-2-9-19-27)28-20-10-3-11-21-28/h1-25H. The molecular weight excluding hydrogens is 468 g/mol. The van der Waals surface area contributed by atoms with Gasteiger partial charge in [-0.1, -0.05) is 151 Å². The van der Waals surface area contributed by atoms with Gasteiger partial charge in [0.2, 0.25) is 0 Å². The summed E-state index contributed by atoms with van der Waals surface area (Å²) in [5.74, 6) is 0. The molecule has 5 aromatic rings. The molecule has 5 aromatic carbocycles. The largest absolute Gasteiger partial charge is 0.307 e. The maximum atomic E-state index is 6.87. The van der Waals surface area contributed by atoms with Gasteiger partial charge in [-0.2, -0.15) is 0 Å². The summed E-state index contributed by atoms with van der Waals surface area (Å²) in [7, 11) is -0.947. The number of anilines is 1. The Morgan fingerprint density at radius 2 is 0.765 bits per heavy atom. The van der Waals surface area contributed by atoms with Gasteiger partial charge in [0.1, 0.15) is 0 Å². The van der Waals surface area contributed by atoms with Gasteiger partial charge in [-0.05, 0) is 12.1 Å². The van der Waals surface area contributed by atoms with Gasteiger partial charge in [-0.25, -0.2) is 0 Å². The molecule has 0 aliphatic carbocycles. The summed E-state index contributed by atoms with van der Waals surface area (Å²) in [5, 5.41) is 4.96. The molecule has 34 heavy (non-hydrogen) atoms. The van der Waals surface area contributed by atoms with Gasteiger partial charge in [0.05, 0.1) is 14.3 Å². The first-order valence-corrected chi connectivity index (χ1v) is 15.3. The van der Waals surface area contributed by atoms with Gasteiger partial charge in [-0.3, -0.25) is 0 Å². The highest BCUT2D eigenvalue weighted by molar-refractivity contribution is 8.25. The molecule has 0 saturated carbocycles. The molecule has 0 aromatic heterocycles. The van der Waals surface area contributed by atoms with Gasteiger partial charge in [0.15, 0.2) is 0 Å². The van der Waals surface area contributed by atoms with Crippen LogP contribution in [0.2, 0.25) is 0 Å². The van der Waals surface area contributed by atoms with E-state index < -0.39 is 14.3 Å². The third-order valence-corrected chi connectivity index (χ3v) is 14.1. The number of rotatable bonds is 7. The number of para-hydroxylation sites is 1. The summed E-state index contributed by atoms with van der Waals surface area (Å²) >= 11 is 6.87. The number of nitrogens with zero attached hydrogens (tertiary/aromatic N) is 1. The molecule has 4 heteroatoms. The van der Waals surface area contributed by atoms with Crippen LogP contribution in [-0.2, 0) is 11.8 Å². The van der Waals surface area contributed by atoms with Crippen molar-refractivity contribution in [2.75, 3.05) is 4.44 Å². The molecule has 166 valence electrons. The van der Waals surface area contributed by atoms with Crippen LogP contribution in [-0.4, -0.2) is 0 Å². The molecule has 0 aliphatic heterocycles. The van der Waals surface area contributed by atoms with Crippen molar-refractivity contribution in [1.82, 2.24) is 0 Å². The first-order valence-electron chi connectivity index (χ1n) is 11.3. The second-order valence-electron chi connectivity index (χ2n) is 7.86. The van der Waals surface area contributed by atoms with Crippen molar-refractivity contribution in [3.63, 3.8) is 0 Å². The predicted octanol–water partition coefficient (Wildman–Crippen LogP) is 6.59. The number of hydrogen-bond acceptors (Lipinski definition) is 1. The topological polar surface area (TPSA) is 3.24 Å². The van der Waals surface area contributed by atoms with Gasteiger partial charge in [0, 0.05) is 26.9 Å². The lowest BCUT2D eigenvalue weighted by molar-refractivity contribution is 1.56. The summed E-state index contributed by atoms with van der Waals surface area (Å²) in [6.45, 7) is 0. The van der Waals surface area contributed by atoms with Crippen LogP contribution >= 0.6 is 14.3 Å². The van der Waals surface area contributed by atoms with E-state index in [0.717, 1.165) is 5.69 Å². The fourth-order valence-corrected chi connectivity index (χ4v) is 12.4. The molecule has 0 aliphatic rings. The Morgan fingerprint density at radius 3 is 1.15 bits per heavy atom. The third-order valence-electron chi connectivity index (χ3n) is 5.66. The van der Waals surface area contributed by atoms with Crippen LogP contribution in [0.4, 0.5) is 5.69 Å². The minimum Gasteiger partial charge on any atom is -0.307 e. The van der Waals surface area contributed by atoms with Crippen LogP contribution in [0, 0.1) is 0 Å². The highest BCUT2D eigenvalue weighted by atomic mass is 32.4. The summed E-state index contributed by atoms with van der Waals surface area (Å²) in [6.07, 6.45) is -2.45. The van der Waals surface area contributed by atoms with Gasteiger partial charge >= 0.3 is 0 Å². The zero-order valence-electron chi connectivity index (χ0n) is 18.7. The fourth-order valence-electron chi connectivity index (χ4n) is 4.10. The van der Waals surface area contributed by atoms with Crippen LogP contribution in [0.25, 0.3) is 0 Å². The van der Waals surface area contributed by atoms with Crippen molar-refractivity contribution in [2.24, 2.45) is 0 Å². The molecule has 0 amide bonds. The van der Waals surface area contributed by atoms with Crippen molar-refractivity contribution < 1.29 is 0 Å². The van der Waals surface area contributed by atoms with Crippen molar-refractivity contribution in [3.05, 3.63) is 152 Å². The third kappa shape index (κ3) is 4.50. The van der Waals surface area contributed by atoms with E-state index in [4.69, 9.17) is 11.8 Å². The summed E-state index contributed by atoms with van der Waals surface area (Å²) in [5.41, 5.74) is 1.15. The van der Waals surface area contributed by atoms with Crippen LogP contribution in [0.1, 0.15) is 0 Å². The molecular formula is C30H25NP2S. The lowest BCUT2D eigenvalue weighted by Crippen LogP contribution is -2.34. The molecule has 0 unspecified atom stereocenters. The maximum Gasteiger partial charge on any atom is 0.0966 e. The maximum absolute atomic E-state index is 6.87. The first-order chi connectivity index (χ1) is 16.8. The summed E-state index contributed by atoms with van der Waals surface area (Å²) in [4.78, 5) is 0. The lowest BCUT2D eigenvalue weighted by Gasteiger charge is -2.43. The van der Waals surface area contributed by atoms with Crippen molar-refractivity contribution in [1.29, 1.82) is 0 Å². The van der Waals surface area contributed by atoms with Crippen LogP contribution < -0.4 is 25.7 Å². The summed E-state index contributed by atoms with van der Waals surface area (Å²) < 4.78 is 2.58. The Morgan fingerprint density at radius 1 is 0.441 bits per heavy atom. The van der Waals surface area contributed by atoms with E-state index in [1.165, 1.54) is 21.2 Å². The fraction of sp³-hybridized carbons (Fsp3) is 0. The quantitative estimate of drug-likeness (QED) is 0.236.